The molecule has 2 aromatic rings. The number of aliphatic imine (C=N–C) groups is 1. The molecule has 0 spiro atoms. The molecule has 1 atom stereocenters. The van der Waals surface area contributed by atoms with Gasteiger partial charge in [-0.05, 0) is 13.0 Å². The summed E-state index contributed by atoms with van der Waals surface area (Å²) in [6, 6.07) is 7.22. The number of aryl methyl sites for hydroxylation is 1. The van der Waals surface area contributed by atoms with Gasteiger partial charge in [0.1, 0.15) is 0 Å². The zero-order valence-electron chi connectivity index (χ0n) is 14.1. The molecule has 1 aliphatic carbocycles. The average molecular weight is 348 g/mol. The summed E-state index contributed by atoms with van der Waals surface area (Å²) in [5.41, 5.74) is 2.48. The molecule has 3 amide bonds. The van der Waals surface area contributed by atoms with Crippen LogP contribution in [0.1, 0.15) is 11.5 Å². The molecule has 2 aliphatic rings. The summed E-state index contributed by atoms with van der Waals surface area (Å²) in [5, 5.41) is 3.96. The van der Waals surface area contributed by atoms with Gasteiger partial charge in [-0.3, -0.25) is 9.69 Å². The summed E-state index contributed by atoms with van der Waals surface area (Å²) in [4.78, 5) is 34.1. The van der Waals surface area contributed by atoms with Crippen LogP contribution in [0.5, 0.6) is 0 Å². The number of rotatable bonds is 4. The molecule has 130 valence electrons. The summed E-state index contributed by atoms with van der Waals surface area (Å²) in [5.74, 6) is 0.0781. The molecule has 1 aromatic heterocycles. The topological polar surface area (TPSA) is 88.7 Å². The van der Waals surface area contributed by atoms with Gasteiger partial charge in [0.2, 0.25) is 17.6 Å². The van der Waals surface area contributed by atoms with E-state index in [0.717, 1.165) is 16.0 Å². The molecule has 26 heavy (non-hydrogen) atoms. The molecule has 2 heterocycles. The lowest BCUT2D eigenvalue weighted by Crippen LogP contribution is -2.46. The van der Waals surface area contributed by atoms with Crippen molar-refractivity contribution in [3.05, 3.63) is 60.0 Å². The number of urea groups is 1. The van der Waals surface area contributed by atoms with E-state index in [-0.39, 0.29) is 18.9 Å². The van der Waals surface area contributed by atoms with E-state index in [1.54, 1.807) is 24.3 Å². The molecule has 1 unspecified atom stereocenters. The Hall–Kier alpha value is -3.35. The maximum absolute atomic E-state index is 12.5. The molecular weight excluding hydrogens is 332 g/mol. The van der Waals surface area contributed by atoms with Crippen molar-refractivity contribution in [1.82, 2.24) is 15.0 Å². The molecule has 1 aromatic carbocycles. The lowest BCUT2D eigenvalue weighted by Gasteiger charge is -2.27. The monoisotopic (exact) mass is 348 g/mol. The van der Waals surface area contributed by atoms with Crippen molar-refractivity contribution >= 4 is 17.6 Å². The Kier molecular flexibility index (Phi) is 4.04. The van der Waals surface area contributed by atoms with Crippen molar-refractivity contribution in [2.24, 2.45) is 10.9 Å². The van der Waals surface area contributed by atoms with Crippen LogP contribution in [0.3, 0.4) is 0 Å². The maximum atomic E-state index is 12.5. The highest BCUT2D eigenvalue weighted by atomic mass is 16.5. The first-order valence-electron chi connectivity index (χ1n) is 8.30. The fourth-order valence-corrected chi connectivity index (χ4v) is 2.87. The van der Waals surface area contributed by atoms with E-state index in [2.05, 4.69) is 15.1 Å². The molecule has 1 aliphatic heterocycles. The van der Waals surface area contributed by atoms with Crippen molar-refractivity contribution in [1.29, 1.82) is 0 Å². The number of hydrogen-bond acceptors (Lipinski definition) is 5. The highest BCUT2D eigenvalue weighted by Gasteiger charge is 2.35. The van der Waals surface area contributed by atoms with Gasteiger partial charge in [-0.2, -0.15) is 9.98 Å². The molecule has 0 radical (unpaired) electrons. The van der Waals surface area contributed by atoms with Crippen molar-refractivity contribution in [3.63, 3.8) is 0 Å². The lowest BCUT2D eigenvalue weighted by atomic mass is 9.95. The predicted octanol–water partition coefficient (Wildman–Crippen LogP) is 2.73. The molecule has 0 bridgehead atoms. The van der Waals surface area contributed by atoms with E-state index in [9.17, 15) is 9.59 Å². The number of imide groups is 1. The Morgan fingerprint density at radius 2 is 1.96 bits per heavy atom. The van der Waals surface area contributed by atoms with Gasteiger partial charge in [0.05, 0.1) is 11.6 Å². The Balaban J connectivity index is 1.46. The SMILES string of the molecule is Cc1ccc(-c2noc(CCN3C(=O)N=C4C=CC=CC4C3=O)n2)cc1. The van der Waals surface area contributed by atoms with E-state index in [1.165, 1.54) is 0 Å². The number of aromatic nitrogens is 2. The van der Waals surface area contributed by atoms with Gasteiger partial charge in [0.15, 0.2) is 0 Å². The standard InChI is InChI=1S/C19H16N4O3/c1-12-6-8-13(9-7-12)17-21-16(26-22-17)10-11-23-18(24)14-4-2-3-5-15(14)20-19(23)25/h2-9,14H,10-11H2,1H3. The van der Waals surface area contributed by atoms with E-state index >= 15 is 0 Å². The number of fused-ring (bicyclic) bond motifs is 1. The Bertz CT molecular complexity index is 953. The minimum absolute atomic E-state index is 0.151. The van der Waals surface area contributed by atoms with Crippen LogP contribution in [0.4, 0.5) is 4.79 Å². The highest BCUT2D eigenvalue weighted by Crippen LogP contribution is 2.20. The molecule has 4 rings (SSSR count). The van der Waals surface area contributed by atoms with Gasteiger partial charge in [0, 0.05) is 18.5 Å². The highest BCUT2D eigenvalue weighted by molar-refractivity contribution is 6.21. The molecule has 0 N–H and O–H groups in total. The molecule has 7 heteroatoms. The summed E-state index contributed by atoms with van der Waals surface area (Å²) in [6.45, 7) is 2.15. The van der Waals surface area contributed by atoms with Gasteiger partial charge in [-0.15, -0.1) is 0 Å². The summed E-state index contributed by atoms with van der Waals surface area (Å²) < 4.78 is 5.25. The Labute approximate surface area is 149 Å². The van der Waals surface area contributed by atoms with Gasteiger partial charge in [0.25, 0.3) is 0 Å². The zero-order valence-corrected chi connectivity index (χ0v) is 14.1. The smallest absolute Gasteiger partial charge is 0.339 e. The molecule has 0 fully saturated rings. The van der Waals surface area contributed by atoms with Gasteiger partial charge in [-0.1, -0.05) is 53.2 Å². The van der Waals surface area contributed by atoms with Gasteiger partial charge >= 0.3 is 6.03 Å². The van der Waals surface area contributed by atoms with Gasteiger partial charge < -0.3 is 4.52 Å². The number of carbonyl (C=O) groups is 2. The lowest BCUT2D eigenvalue weighted by molar-refractivity contribution is -0.129. The zero-order chi connectivity index (χ0) is 18.1. The Morgan fingerprint density at radius 1 is 1.15 bits per heavy atom. The number of nitrogens with zero attached hydrogens (tertiary/aromatic N) is 4. The summed E-state index contributed by atoms with van der Waals surface area (Å²) in [6.07, 6.45) is 7.25. The number of allylic oxidation sites excluding steroid dienone is 3. The average Bonchev–Trinajstić information content (AvgIpc) is 3.11. The number of hydrogen-bond donors (Lipinski definition) is 0. The first-order valence-corrected chi connectivity index (χ1v) is 8.30. The molecule has 0 saturated carbocycles. The van der Waals surface area contributed by atoms with E-state index in [1.807, 2.05) is 31.2 Å². The fraction of sp³-hybridized carbons (Fsp3) is 0.211. The predicted molar refractivity (Wildman–Crippen MR) is 94.5 cm³/mol. The van der Waals surface area contributed by atoms with E-state index in [0.29, 0.717) is 17.4 Å². The van der Waals surface area contributed by atoms with Crippen molar-refractivity contribution in [2.75, 3.05) is 6.54 Å². The first kappa shape index (κ1) is 16.1. The van der Waals surface area contributed by atoms with Crippen LogP contribution in [-0.4, -0.2) is 39.2 Å². The third-order valence-corrected chi connectivity index (χ3v) is 4.32. The second-order valence-electron chi connectivity index (χ2n) is 6.16. The Morgan fingerprint density at radius 3 is 2.77 bits per heavy atom. The van der Waals surface area contributed by atoms with Gasteiger partial charge in [-0.25, -0.2) is 4.79 Å². The second-order valence-corrected chi connectivity index (χ2v) is 6.16. The fourth-order valence-electron chi connectivity index (χ4n) is 2.87. The third-order valence-electron chi connectivity index (χ3n) is 4.32. The van der Waals surface area contributed by atoms with Crippen molar-refractivity contribution in [3.8, 4) is 11.4 Å². The number of carbonyl (C=O) groups excluding carboxylic acids is 2. The molecular formula is C19H16N4O3. The molecule has 0 saturated heterocycles. The van der Waals surface area contributed by atoms with Crippen LogP contribution in [-0.2, 0) is 11.2 Å². The quantitative estimate of drug-likeness (QED) is 0.847. The first-order chi connectivity index (χ1) is 12.6. The number of amides is 3. The molecule has 7 nitrogen and oxygen atoms in total. The second kappa shape index (κ2) is 6.51. The minimum Gasteiger partial charge on any atom is -0.339 e. The number of benzene rings is 1. The van der Waals surface area contributed by atoms with Crippen LogP contribution < -0.4 is 0 Å². The van der Waals surface area contributed by atoms with Crippen molar-refractivity contribution < 1.29 is 14.1 Å². The minimum atomic E-state index is -0.556. The van der Waals surface area contributed by atoms with Crippen LogP contribution >= 0.6 is 0 Å². The maximum Gasteiger partial charge on any atom is 0.350 e. The van der Waals surface area contributed by atoms with Crippen LogP contribution in [0.15, 0.2) is 58.1 Å². The van der Waals surface area contributed by atoms with Crippen molar-refractivity contribution in [2.45, 2.75) is 13.3 Å². The largest absolute Gasteiger partial charge is 0.350 e. The van der Waals surface area contributed by atoms with Crippen LogP contribution in [0, 0.1) is 12.8 Å². The third kappa shape index (κ3) is 2.99. The van der Waals surface area contributed by atoms with E-state index < -0.39 is 11.9 Å². The van der Waals surface area contributed by atoms with Crippen LogP contribution in [0.2, 0.25) is 0 Å². The summed E-state index contributed by atoms with van der Waals surface area (Å²) >= 11 is 0. The van der Waals surface area contributed by atoms with Crippen LogP contribution in [0.25, 0.3) is 11.4 Å². The van der Waals surface area contributed by atoms with E-state index in [4.69, 9.17) is 4.52 Å². The normalized spacial score (nSPS) is 18.9. The summed E-state index contributed by atoms with van der Waals surface area (Å²) in [7, 11) is 0.